The van der Waals surface area contributed by atoms with Crippen LogP contribution in [0.4, 0.5) is 0 Å². The molecule has 0 amide bonds. The molecule has 412 valence electrons. The van der Waals surface area contributed by atoms with Gasteiger partial charge in [-0.25, -0.2) is 0 Å². The maximum absolute atomic E-state index is 12.9. The first kappa shape index (κ1) is 64.5. The number of rotatable bonds is 46. The number of carbonyl (C=O) groups is 2. The number of thioether (sulfide) groups is 2. The number of carbonyl (C=O) groups excluding carboxylic acids is 2. The highest BCUT2D eigenvalue weighted by molar-refractivity contribution is 7.99. The van der Waals surface area contributed by atoms with Crippen molar-refractivity contribution in [3.63, 3.8) is 0 Å². The van der Waals surface area contributed by atoms with E-state index in [1.165, 1.54) is 135 Å². The van der Waals surface area contributed by atoms with Gasteiger partial charge in [-0.15, -0.1) is 0 Å². The molecule has 1 aliphatic rings. The Balaban J connectivity index is 1.47. The Kier molecular flexibility index (Phi) is 37.1. The lowest BCUT2D eigenvalue weighted by Gasteiger charge is -2.41. The topological polar surface area (TPSA) is 84.9 Å². The number of ether oxygens (including phenoxy) is 2. The van der Waals surface area contributed by atoms with Crippen LogP contribution in [0.1, 0.15) is 253 Å². The van der Waals surface area contributed by atoms with Crippen LogP contribution in [0.15, 0.2) is 60.7 Å². The van der Waals surface area contributed by atoms with Crippen LogP contribution in [0, 0.1) is 5.92 Å². The molecular weight excluding hydrogens is 943 g/mol. The summed E-state index contributed by atoms with van der Waals surface area (Å²) < 4.78 is 12.2. The van der Waals surface area contributed by atoms with Crippen molar-refractivity contribution < 1.29 is 23.9 Å². The fourth-order valence-corrected chi connectivity index (χ4v) is 16.8. The molecule has 0 aliphatic heterocycles. The molecule has 3 unspecified atom stereocenters. The minimum atomic E-state index is -2.99. The second kappa shape index (κ2) is 41.4. The van der Waals surface area contributed by atoms with Gasteiger partial charge in [0.25, 0.3) is 8.32 Å². The lowest BCUT2D eigenvalue weighted by atomic mass is 9.86. The molecule has 2 N–H and O–H groups in total. The van der Waals surface area contributed by atoms with Crippen LogP contribution < -0.4 is 15.7 Å². The van der Waals surface area contributed by atoms with E-state index in [0.29, 0.717) is 18.9 Å². The van der Waals surface area contributed by atoms with Crippen LogP contribution in [0.5, 0.6) is 0 Å². The van der Waals surface area contributed by atoms with Crippen LogP contribution in [-0.4, -0.2) is 72.9 Å². The van der Waals surface area contributed by atoms with E-state index in [0.717, 1.165) is 116 Å². The molecule has 3 atom stereocenters. The van der Waals surface area contributed by atoms with E-state index in [1.807, 2.05) is 35.7 Å². The summed E-state index contributed by atoms with van der Waals surface area (Å²) in [5.41, 5.74) is 0. The van der Waals surface area contributed by atoms with Gasteiger partial charge in [0.05, 0.1) is 0 Å². The smallest absolute Gasteiger partial charge is 0.306 e. The average molecular weight is 1050 g/mol. The van der Waals surface area contributed by atoms with Gasteiger partial charge in [0.1, 0.15) is 12.2 Å². The number of hydrogen-bond acceptors (Lipinski definition) is 8. The molecule has 9 heteroatoms. The normalized spacial score (nSPS) is 14.8. The average Bonchev–Trinajstić information content (AvgIpc) is 3.39. The Morgan fingerprint density at radius 2 is 1.04 bits per heavy atom. The maximum Gasteiger partial charge on any atom is 0.306 e. The minimum Gasteiger partial charge on any atom is -0.461 e. The van der Waals surface area contributed by atoms with Crippen molar-refractivity contribution in [1.29, 1.82) is 0 Å². The van der Waals surface area contributed by atoms with Crippen molar-refractivity contribution >= 4 is 54.2 Å². The molecule has 0 saturated heterocycles. The Bertz CT molecular complexity index is 1550. The first-order chi connectivity index (χ1) is 35.1. The number of unbranched alkanes of at least 4 members (excludes halogenated alkanes) is 15. The molecule has 0 heterocycles. The van der Waals surface area contributed by atoms with Gasteiger partial charge in [0.15, 0.2) is 0 Å². The Labute approximate surface area is 453 Å². The lowest BCUT2D eigenvalue weighted by molar-refractivity contribution is -0.149. The monoisotopic (exact) mass is 1050 g/mol. The van der Waals surface area contributed by atoms with Crippen molar-refractivity contribution in [1.82, 2.24) is 5.32 Å². The summed E-state index contributed by atoms with van der Waals surface area (Å²) in [6, 6.07) is 21.5. The van der Waals surface area contributed by atoms with Crippen LogP contribution in [0.3, 0.4) is 0 Å². The summed E-state index contributed by atoms with van der Waals surface area (Å²) in [4.78, 5) is 38.3. The Hall–Kier alpha value is -1.78. The zero-order valence-electron chi connectivity index (χ0n) is 47.1. The lowest BCUT2D eigenvalue weighted by Crippen LogP contribution is -2.65. The Morgan fingerprint density at radius 1 is 0.583 bits per heavy atom. The van der Waals surface area contributed by atoms with Gasteiger partial charge >= 0.3 is 11.9 Å². The fraction of sp³-hybridized carbons (Fsp3) is 0.778. The zero-order chi connectivity index (χ0) is 51.8. The summed E-state index contributed by atoms with van der Waals surface area (Å²) in [6.07, 6.45) is 39.4. The fourth-order valence-electron chi connectivity index (χ4n) is 10.9. The predicted octanol–water partition coefficient (Wildman–Crippen LogP) is 16.7. The van der Waals surface area contributed by atoms with Crippen molar-refractivity contribution in [3.05, 3.63) is 60.7 Å². The Morgan fingerprint density at radius 3 is 1.56 bits per heavy atom. The van der Waals surface area contributed by atoms with Crippen molar-refractivity contribution in [3.8, 4) is 0 Å². The van der Waals surface area contributed by atoms with E-state index in [2.05, 4.69) is 88.5 Å². The van der Waals surface area contributed by atoms with E-state index in [-0.39, 0.29) is 29.2 Å². The molecule has 1 saturated carbocycles. The third kappa shape index (κ3) is 28.4. The molecule has 2 aromatic carbocycles. The molecule has 6 nitrogen and oxygen atoms in total. The van der Waals surface area contributed by atoms with Crippen molar-refractivity contribution in [2.45, 2.75) is 276 Å². The SMILES string of the molecule is CCCCCCC(=O)OC(CCCCCC)CSCCCCCC(CCCCCSCC(CCCCCC)OC(=O)CCC1CCCCC1)NCCCCCC(C)(C)[Si](O)(c1ccccc1)c1ccccc1. The van der Waals surface area contributed by atoms with Crippen molar-refractivity contribution in [2.24, 2.45) is 5.92 Å². The van der Waals surface area contributed by atoms with Gasteiger partial charge < -0.3 is 19.6 Å². The third-order valence-electron chi connectivity index (χ3n) is 15.6. The van der Waals surface area contributed by atoms with E-state index in [1.54, 1.807) is 0 Å². The number of nitrogens with one attached hydrogen (secondary N) is 1. The summed E-state index contributed by atoms with van der Waals surface area (Å²) >= 11 is 3.99. The number of hydrogen-bond donors (Lipinski definition) is 2. The first-order valence-corrected chi connectivity index (χ1v) is 34.5. The predicted molar refractivity (Wildman–Crippen MR) is 318 cm³/mol. The molecule has 2 aromatic rings. The van der Waals surface area contributed by atoms with Gasteiger partial charge in [0.2, 0.25) is 0 Å². The first-order valence-electron chi connectivity index (χ1n) is 30.2. The highest BCUT2D eigenvalue weighted by Gasteiger charge is 2.49. The van der Waals surface area contributed by atoms with E-state index >= 15 is 0 Å². The van der Waals surface area contributed by atoms with Gasteiger partial charge in [-0.05, 0) is 116 Å². The standard InChI is InChI=1S/C63H109NO5S2Si/c1-6-9-12-25-40-57(68-61(65)46-31-14-11-8-3)53-70-51-34-18-23-38-56(64-50-33-20-32-49-63(4,5)72(67,59-42-27-16-28-43-59)60-44-29-17-30-45-60)39-24-19-35-52-71-54-58(41-26-13-10-7-2)69-62(66)48-47-55-36-21-15-22-37-55/h16-17,27-30,42-45,55-58,64,67H,6-15,18-26,31-41,46-54H2,1-5H3. The third-order valence-corrected chi connectivity index (χ3v) is 22.6. The molecule has 0 spiro atoms. The molecule has 3 rings (SSSR count). The summed E-state index contributed by atoms with van der Waals surface area (Å²) in [5.74, 6) is 4.91. The van der Waals surface area contributed by atoms with E-state index in [9.17, 15) is 14.4 Å². The molecule has 0 aromatic heterocycles. The van der Waals surface area contributed by atoms with E-state index < -0.39 is 8.32 Å². The van der Waals surface area contributed by atoms with E-state index in [4.69, 9.17) is 9.47 Å². The van der Waals surface area contributed by atoms with Gasteiger partial charge in [0, 0.05) is 30.4 Å². The zero-order valence-corrected chi connectivity index (χ0v) is 49.7. The number of benzene rings is 2. The molecule has 1 aliphatic carbocycles. The second-order valence-electron chi connectivity index (χ2n) is 22.4. The minimum absolute atomic E-state index is 0.00723. The highest BCUT2D eigenvalue weighted by Crippen LogP contribution is 2.40. The summed E-state index contributed by atoms with van der Waals surface area (Å²) in [7, 11) is -2.99. The van der Waals surface area contributed by atoms with Crippen LogP contribution in [0.25, 0.3) is 0 Å². The molecule has 0 radical (unpaired) electrons. The quantitative estimate of drug-likeness (QED) is 0.0385. The van der Waals surface area contributed by atoms with Crippen LogP contribution in [0.2, 0.25) is 5.04 Å². The van der Waals surface area contributed by atoms with Crippen LogP contribution in [-0.2, 0) is 19.1 Å². The van der Waals surface area contributed by atoms with Crippen LogP contribution >= 0.6 is 23.5 Å². The largest absolute Gasteiger partial charge is 0.461 e. The second-order valence-corrected chi connectivity index (χ2v) is 28.6. The van der Waals surface area contributed by atoms with Gasteiger partial charge in [-0.2, -0.15) is 23.5 Å². The summed E-state index contributed by atoms with van der Waals surface area (Å²) in [5, 5.41) is 6.02. The highest BCUT2D eigenvalue weighted by atomic mass is 32.2. The maximum atomic E-state index is 12.9. The van der Waals surface area contributed by atoms with Gasteiger partial charge in [-0.3, -0.25) is 9.59 Å². The van der Waals surface area contributed by atoms with Gasteiger partial charge in [-0.1, -0.05) is 224 Å². The van der Waals surface area contributed by atoms with Crippen molar-refractivity contribution in [2.75, 3.05) is 29.6 Å². The molecule has 1 fully saturated rings. The molecule has 0 bridgehead atoms. The summed E-state index contributed by atoms with van der Waals surface area (Å²) in [6.45, 7) is 12.4. The molecule has 72 heavy (non-hydrogen) atoms. The number of esters is 2. The molecular formula is C63H109NO5S2Si.